The van der Waals surface area contributed by atoms with Crippen molar-refractivity contribution in [2.75, 3.05) is 46.9 Å². The summed E-state index contributed by atoms with van der Waals surface area (Å²) in [7, 11) is 3.54. The first kappa shape index (κ1) is 30.3. The molecule has 0 spiro atoms. The predicted molar refractivity (Wildman–Crippen MR) is 166 cm³/mol. The van der Waals surface area contributed by atoms with Gasteiger partial charge in [-0.2, -0.15) is 0 Å². The van der Waals surface area contributed by atoms with E-state index < -0.39 is 6.09 Å². The molecule has 1 aromatic carbocycles. The van der Waals surface area contributed by atoms with E-state index in [0.717, 1.165) is 88.0 Å². The van der Waals surface area contributed by atoms with Crippen LogP contribution in [0.25, 0.3) is 0 Å². The first-order chi connectivity index (χ1) is 20.3. The van der Waals surface area contributed by atoms with Crippen molar-refractivity contribution in [3.63, 3.8) is 0 Å². The minimum Gasteiger partial charge on any atom is -0.453 e. The highest BCUT2D eigenvalue weighted by molar-refractivity contribution is 6.14. The average molecular weight is 577 g/mol. The Balaban J connectivity index is 1.33. The maximum atomic E-state index is 13.6. The molecule has 0 radical (unpaired) electrons. The number of alkyl carbamates (subject to hydrolysis) is 1. The molecular formula is C33H48N6O3. The zero-order valence-electron chi connectivity index (χ0n) is 25.7. The first-order valence-corrected chi connectivity index (χ1v) is 15.9. The van der Waals surface area contributed by atoms with Crippen molar-refractivity contribution < 1.29 is 14.3 Å². The fourth-order valence-corrected chi connectivity index (χ4v) is 6.95. The zero-order valence-corrected chi connectivity index (χ0v) is 25.7. The van der Waals surface area contributed by atoms with Gasteiger partial charge >= 0.3 is 6.09 Å². The van der Waals surface area contributed by atoms with Gasteiger partial charge in [0, 0.05) is 68.9 Å². The molecule has 42 heavy (non-hydrogen) atoms. The van der Waals surface area contributed by atoms with Crippen LogP contribution in [-0.2, 0) is 22.5 Å². The van der Waals surface area contributed by atoms with Gasteiger partial charge in [0.05, 0.1) is 12.8 Å². The Kier molecular flexibility index (Phi) is 9.98. The molecule has 3 aliphatic heterocycles. The average Bonchev–Trinajstić information content (AvgIpc) is 3.19. The van der Waals surface area contributed by atoms with E-state index in [0.29, 0.717) is 31.3 Å². The summed E-state index contributed by atoms with van der Waals surface area (Å²) in [6.07, 6.45) is 10.2. The van der Waals surface area contributed by atoms with Gasteiger partial charge in [0.15, 0.2) is 0 Å². The Morgan fingerprint density at radius 1 is 1.10 bits per heavy atom. The Bertz CT molecular complexity index is 1210. The van der Waals surface area contributed by atoms with Gasteiger partial charge < -0.3 is 24.8 Å². The summed E-state index contributed by atoms with van der Waals surface area (Å²) in [4.78, 5) is 37.3. The molecule has 2 fully saturated rings. The topological polar surface area (TPSA) is 101 Å². The number of likely N-dealkylation sites (N-methyl/N-ethyl adjacent to an activating group) is 1. The number of carbonyl (C=O) groups is 2. The van der Waals surface area contributed by atoms with Gasteiger partial charge in [-0.1, -0.05) is 38.3 Å². The van der Waals surface area contributed by atoms with Crippen molar-refractivity contribution >= 4 is 23.5 Å². The number of allylic oxidation sites excluding steroid dienone is 2. The van der Waals surface area contributed by atoms with Crippen LogP contribution < -0.4 is 5.32 Å². The van der Waals surface area contributed by atoms with Crippen LogP contribution in [0.2, 0.25) is 0 Å². The summed E-state index contributed by atoms with van der Waals surface area (Å²) in [6.45, 7) is 7.44. The van der Waals surface area contributed by atoms with E-state index in [1.807, 2.05) is 4.90 Å². The molecule has 228 valence electrons. The lowest BCUT2D eigenvalue weighted by atomic mass is 9.82. The number of rotatable bonds is 7. The first-order valence-electron chi connectivity index (χ1n) is 15.9. The van der Waals surface area contributed by atoms with E-state index in [2.05, 4.69) is 53.4 Å². The Morgan fingerprint density at radius 3 is 2.57 bits per heavy atom. The highest BCUT2D eigenvalue weighted by Gasteiger charge is 2.31. The molecule has 2 unspecified atom stereocenters. The van der Waals surface area contributed by atoms with E-state index in [1.165, 1.54) is 24.8 Å². The van der Waals surface area contributed by atoms with Crippen molar-refractivity contribution in [1.82, 2.24) is 20.0 Å². The number of benzene rings is 1. The zero-order chi connectivity index (χ0) is 29.6. The van der Waals surface area contributed by atoms with Crippen molar-refractivity contribution in [3.8, 4) is 0 Å². The van der Waals surface area contributed by atoms with Crippen LogP contribution in [-0.4, -0.2) is 91.2 Å². The van der Waals surface area contributed by atoms with Gasteiger partial charge in [-0.25, -0.2) is 9.79 Å². The maximum Gasteiger partial charge on any atom is 0.407 e. The van der Waals surface area contributed by atoms with Crippen LogP contribution in [0.3, 0.4) is 0 Å². The minimum absolute atomic E-state index is 0.0784. The highest BCUT2D eigenvalue weighted by Crippen LogP contribution is 2.30. The number of carbonyl (C=O) groups excluding carboxylic acids is 2. The van der Waals surface area contributed by atoms with E-state index >= 15 is 0 Å². The standard InChI is InChI=1S/C33H48N6O3/c1-4-23-19-28(38-16-14-37(2)15-17-38)20-29(35-32(23)34)26-11-10-24-12-13-39(22-27(24)18-26)31(40)21-30(36-33(41)42-3)25-8-6-5-7-9-25/h10-11,18,20,23,25,30,34H,4-9,12-17,19,21-22H2,1-3H3,(H,36,41). The molecule has 0 aromatic heterocycles. The largest absolute Gasteiger partial charge is 0.453 e. The molecule has 0 bridgehead atoms. The van der Waals surface area contributed by atoms with Gasteiger partial charge in [0.25, 0.3) is 0 Å². The third-order valence-corrected chi connectivity index (χ3v) is 9.76. The molecule has 2 atom stereocenters. The maximum absolute atomic E-state index is 13.6. The van der Waals surface area contributed by atoms with Gasteiger partial charge in [0.1, 0.15) is 5.84 Å². The lowest BCUT2D eigenvalue weighted by Gasteiger charge is -2.36. The summed E-state index contributed by atoms with van der Waals surface area (Å²) >= 11 is 0. The number of amides is 2. The molecule has 4 aliphatic rings. The van der Waals surface area contributed by atoms with Crippen LogP contribution in [0.5, 0.6) is 0 Å². The van der Waals surface area contributed by atoms with Crippen molar-refractivity contribution in [2.45, 2.75) is 77.3 Å². The van der Waals surface area contributed by atoms with E-state index in [9.17, 15) is 9.59 Å². The van der Waals surface area contributed by atoms with Gasteiger partial charge in [-0.05, 0) is 68.3 Å². The van der Waals surface area contributed by atoms with Gasteiger partial charge in [-0.15, -0.1) is 0 Å². The second kappa shape index (κ2) is 13.8. The van der Waals surface area contributed by atoms with Crippen molar-refractivity contribution in [1.29, 1.82) is 5.41 Å². The number of ether oxygens (including phenoxy) is 1. The Hall–Kier alpha value is -3.20. The van der Waals surface area contributed by atoms with Crippen LogP contribution >= 0.6 is 0 Å². The van der Waals surface area contributed by atoms with Crippen LogP contribution in [0.4, 0.5) is 4.79 Å². The van der Waals surface area contributed by atoms with Crippen LogP contribution in [0.15, 0.2) is 35.0 Å². The Labute approximate surface area is 250 Å². The smallest absolute Gasteiger partial charge is 0.407 e. The van der Waals surface area contributed by atoms with Crippen LogP contribution in [0, 0.1) is 17.2 Å². The highest BCUT2D eigenvalue weighted by atomic mass is 16.5. The molecule has 9 heteroatoms. The molecule has 1 aliphatic carbocycles. The predicted octanol–water partition coefficient (Wildman–Crippen LogP) is 4.59. The SMILES string of the molecule is CCC1CC(N2CCN(C)CC2)=CC(c2ccc3c(c2)CN(C(=O)CC(NC(=O)OC)C2CCCCC2)CC3)=NC1=N. The Morgan fingerprint density at radius 2 is 1.86 bits per heavy atom. The number of hydrogen-bond donors (Lipinski definition) is 2. The number of methoxy groups -OCH3 is 1. The second-order valence-corrected chi connectivity index (χ2v) is 12.5. The quantitative estimate of drug-likeness (QED) is 0.494. The van der Waals surface area contributed by atoms with Gasteiger partial charge in [-0.3, -0.25) is 10.2 Å². The number of nitrogens with zero attached hydrogens (tertiary/aromatic N) is 4. The normalized spacial score (nSPS) is 22.9. The number of amidine groups is 1. The summed E-state index contributed by atoms with van der Waals surface area (Å²) in [6, 6.07) is 6.28. The molecule has 2 N–H and O–H groups in total. The monoisotopic (exact) mass is 576 g/mol. The number of nitrogens with one attached hydrogen (secondary N) is 2. The number of aliphatic imine (C=N–C) groups is 1. The molecule has 1 aromatic rings. The number of hydrogen-bond acceptors (Lipinski definition) is 6. The number of piperazine rings is 1. The summed E-state index contributed by atoms with van der Waals surface area (Å²) < 4.78 is 4.89. The molecule has 1 saturated carbocycles. The third kappa shape index (κ3) is 7.22. The molecule has 5 rings (SSSR count). The van der Waals surface area contributed by atoms with Gasteiger partial charge in [0.2, 0.25) is 5.91 Å². The van der Waals surface area contributed by atoms with Crippen molar-refractivity contribution in [3.05, 3.63) is 46.7 Å². The minimum atomic E-state index is -0.462. The summed E-state index contributed by atoms with van der Waals surface area (Å²) in [5, 5.41) is 11.7. The molecular weight excluding hydrogens is 528 g/mol. The van der Waals surface area contributed by atoms with E-state index in [1.54, 1.807) is 0 Å². The lowest BCUT2D eigenvalue weighted by Crippen LogP contribution is -2.46. The number of fused-ring (bicyclic) bond motifs is 1. The molecule has 2 amide bonds. The third-order valence-electron chi connectivity index (χ3n) is 9.76. The fraction of sp³-hybridized carbons (Fsp3) is 0.636. The summed E-state index contributed by atoms with van der Waals surface area (Å²) in [5.41, 5.74) is 5.53. The fourth-order valence-electron chi connectivity index (χ4n) is 6.95. The van der Waals surface area contributed by atoms with Crippen molar-refractivity contribution in [2.24, 2.45) is 16.8 Å². The molecule has 9 nitrogen and oxygen atoms in total. The lowest BCUT2D eigenvalue weighted by molar-refractivity contribution is -0.133. The van der Waals surface area contributed by atoms with Crippen LogP contribution in [0.1, 0.15) is 75.0 Å². The van der Waals surface area contributed by atoms with E-state index in [-0.39, 0.29) is 17.9 Å². The molecule has 1 saturated heterocycles. The summed E-state index contributed by atoms with van der Waals surface area (Å²) in [5.74, 6) is 0.959. The van der Waals surface area contributed by atoms with E-state index in [4.69, 9.17) is 15.1 Å². The molecule has 3 heterocycles. The second-order valence-electron chi connectivity index (χ2n) is 12.5.